The topological polar surface area (TPSA) is 63.2 Å². The zero-order valence-electron chi connectivity index (χ0n) is 10.2. The molecule has 0 aliphatic heterocycles. The highest BCUT2D eigenvalue weighted by Crippen LogP contribution is 2.23. The second kappa shape index (κ2) is 5.48. The molecule has 0 bridgehead atoms. The van der Waals surface area contributed by atoms with Crippen LogP contribution in [0.1, 0.15) is 57.8 Å². The van der Waals surface area contributed by atoms with Crippen molar-refractivity contribution in [2.45, 2.75) is 69.1 Å². The van der Waals surface area contributed by atoms with Crippen LogP contribution < -0.4 is 4.72 Å². The molecule has 2 aliphatic carbocycles. The second-order valence-electron chi connectivity index (χ2n) is 5.20. The highest BCUT2D eigenvalue weighted by molar-refractivity contribution is 7.90. The van der Waals surface area contributed by atoms with Crippen molar-refractivity contribution in [3.05, 3.63) is 0 Å². The Labute approximate surface area is 103 Å². The predicted molar refractivity (Wildman–Crippen MR) is 66.2 cm³/mol. The van der Waals surface area contributed by atoms with Crippen molar-refractivity contribution < 1.29 is 13.2 Å². The van der Waals surface area contributed by atoms with Gasteiger partial charge in [-0.3, -0.25) is 4.79 Å². The smallest absolute Gasteiger partial charge is 0.221 e. The molecule has 4 nitrogen and oxygen atoms in total. The van der Waals surface area contributed by atoms with Crippen molar-refractivity contribution in [1.29, 1.82) is 0 Å². The first-order chi connectivity index (χ1) is 8.09. The van der Waals surface area contributed by atoms with E-state index < -0.39 is 15.3 Å². The number of hydrogen-bond acceptors (Lipinski definition) is 3. The number of ketones is 1. The first-order valence-electron chi connectivity index (χ1n) is 6.63. The molecule has 2 saturated carbocycles. The van der Waals surface area contributed by atoms with Crippen molar-refractivity contribution in [1.82, 2.24) is 4.72 Å². The molecular weight excluding hydrogens is 238 g/mol. The van der Waals surface area contributed by atoms with Gasteiger partial charge in [0, 0.05) is 12.5 Å². The summed E-state index contributed by atoms with van der Waals surface area (Å²) in [6.07, 6.45) is 7.83. The Morgan fingerprint density at radius 2 is 1.59 bits per heavy atom. The van der Waals surface area contributed by atoms with Crippen molar-refractivity contribution in [2.24, 2.45) is 0 Å². The van der Waals surface area contributed by atoms with E-state index in [0.29, 0.717) is 12.8 Å². The largest absolute Gasteiger partial charge is 0.298 e. The van der Waals surface area contributed by atoms with E-state index in [0.717, 1.165) is 38.5 Å². The molecule has 0 aromatic rings. The number of nitrogens with one attached hydrogen (secondary N) is 1. The van der Waals surface area contributed by atoms with E-state index in [4.69, 9.17) is 0 Å². The number of carbonyl (C=O) groups is 1. The molecule has 0 radical (unpaired) electrons. The first kappa shape index (κ1) is 13.0. The molecule has 0 spiro atoms. The number of hydrogen-bond donors (Lipinski definition) is 1. The Hall–Kier alpha value is -0.420. The van der Waals surface area contributed by atoms with Gasteiger partial charge in [0.1, 0.15) is 5.25 Å². The molecule has 2 fully saturated rings. The summed E-state index contributed by atoms with van der Waals surface area (Å²) in [7, 11) is -3.43. The standard InChI is InChI=1S/C12H21NO3S/c14-11-8-4-5-9-12(11)17(15,16)13-10-6-2-1-3-7-10/h10,12-13H,1-9H2. The van der Waals surface area contributed by atoms with E-state index in [-0.39, 0.29) is 11.8 Å². The normalized spacial score (nSPS) is 28.2. The number of sulfonamides is 1. The van der Waals surface area contributed by atoms with E-state index in [2.05, 4.69) is 4.72 Å². The maximum atomic E-state index is 12.1. The molecule has 0 aromatic heterocycles. The van der Waals surface area contributed by atoms with Gasteiger partial charge in [-0.1, -0.05) is 25.7 Å². The van der Waals surface area contributed by atoms with Crippen molar-refractivity contribution in [3.63, 3.8) is 0 Å². The SMILES string of the molecule is O=C1CCCCC1S(=O)(=O)NC1CCCCC1. The maximum Gasteiger partial charge on any atom is 0.221 e. The Morgan fingerprint density at radius 1 is 0.941 bits per heavy atom. The summed E-state index contributed by atoms with van der Waals surface area (Å²) in [6, 6.07) is 0.0588. The molecule has 2 rings (SSSR count). The van der Waals surface area contributed by atoms with Crippen LogP contribution in [0.4, 0.5) is 0 Å². The third kappa shape index (κ3) is 3.28. The summed E-state index contributed by atoms with van der Waals surface area (Å²) in [4.78, 5) is 11.7. The third-order valence-electron chi connectivity index (χ3n) is 3.81. The lowest BCUT2D eigenvalue weighted by atomic mass is 9.96. The zero-order valence-corrected chi connectivity index (χ0v) is 11.0. The molecule has 5 heteroatoms. The van der Waals surface area contributed by atoms with E-state index in [1.807, 2.05) is 0 Å². The van der Waals surface area contributed by atoms with Gasteiger partial charge in [0.05, 0.1) is 0 Å². The zero-order chi connectivity index (χ0) is 12.3. The molecule has 1 atom stereocenters. The fourth-order valence-corrected chi connectivity index (χ4v) is 4.62. The average Bonchev–Trinajstić information content (AvgIpc) is 2.30. The molecule has 0 heterocycles. The summed E-state index contributed by atoms with van der Waals surface area (Å²) in [6.45, 7) is 0. The summed E-state index contributed by atoms with van der Waals surface area (Å²) >= 11 is 0. The summed E-state index contributed by atoms with van der Waals surface area (Å²) in [5.74, 6) is -0.0976. The first-order valence-corrected chi connectivity index (χ1v) is 8.18. The van der Waals surface area contributed by atoms with Crippen LogP contribution in [0.3, 0.4) is 0 Å². The number of Topliss-reactive ketones (excluding diaryl/α,β-unsaturated/α-hetero) is 1. The van der Waals surface area contributed by atoms with Gasteiger partial charge in [0.25, 0.3) is 0 Å². The van der Waals surface area contributed by atoms with Crippen LogP contribution in [0.15, 0.2) is 0 Å². The molecule has 98 valence electrons. The van der Waals surface area contributed by atoms with Gasteiger partial charge in [-0.2, -0.15) is 0 Å². The van der Waals surface area contributed by atoms with Crippen LogP contribution in [0.25, 0.3) is 0 Å². The van der Waals surface area contributed by atoms with Gasteiger partial charge in [0.15, 0.2) is 5.78 Å². The molecule has 0 saturated heterocycles. The fraction of sp³-hybridized carbons (Fsp3) is 0.917. The highest BCUT2D eigenvalue weighted by Gasteiger charge is 2.35. The minimum atomic E-state index is -3.43. The quantitative estimate of drug-likeness (QED) is 0.840. The molecule has 2 aliphatic rings. The molecule has 0 aromatic carbocycles. The fourth-order valence-electron chi connectivity index (χ4n) is 2.81. The lowest BCUT2D eigenvalue weighted by Gasteiger charge is -2.26. The Balaban J connectivity index is 1.99. The van der Waals surface area contributed by atoms with Gasteiger partial charge >= 0.3 is 0 Å². The van der Waals surface area contributed by atoms with Crippen molar-refractivity contribution >= 4 is 15.8 Å². The van der Waals surface area contributed by atoms with Crippen LogP contribution in [-0.2, 0) is 14.8 Å². The summed E-state index contributed by atoms with van der Waals surface area (Å²) in [5, 5.41) is -0.779. The van der Waals surface area contributed by atoms with Crippen LogP contribution in [-0.4, -0.2) is 25.5 Å². The minimum Gasteiger partial charge on any atom is -0.298 e. The third-order valence-corrected chi connectivity index (χ3v) is 5.72. The Kier molecular flexibility index (Phi) is 4.20. The van der Waals surface area contributed by atoms with Crippen LogP contribution in [0.2, 0.25) is 0 Å². The van der Waals surface area contributed by atoms with Crippen LogP contribution in [0, 0.1) is 0 Å². The molecular formula is C12H21NO3S. The Bertz CT molecular complexity index is 371. The number of rotatable bonds is 3. The lowest BCUT2D eigenvalue weighted by Crippen LogP contribution is -2.45. The van der Waals surface area contributed by atoms with Gasteiger partial charge in [-0.25, -0.2) is 13.1 Å². The average molecular weight is 259 g/mol. The monoisotopic (exact) mass is 259 g/mol. The Morgan fingerprint density at radius 3 is 2.24 bits per heavy atom. The van der Waals surface area contributed by atoms with Crippen LogP contribution >= 0.6 is 0 Å². The van der Waals surface area contributed by atoms with Gasteiger partial charge in [0.2, 0.25) is 10.0 Å². The van der Waals surface area contributed by atoms with E-state index in [1.165, 1.54) is 6.42 Å². The highest BCUT2D eigenvalue weighted by atomic mass is 32.2. The van der Waals surface area contributed by atoms with E-state index in [1.54, 1.807) is 0 Å². The second-order valence-corrected chi connectivity index (χ2v) is 7.09. The van der Waals surface area contributed by atoms with Crippen molar-refractivity contribution in [2.75, 3.05) is 0 Å². The lowest BCUT2D eigenvalue weighted by molar-refractivity contribution is -0.119. The predicted octanol–water partition coefficient (Wildman–Crippen LogP) is 1.75. The van der Waals surface area contributed by atoms with Gasteiger partial charge < -0.3 is 0 Å². The van der Waals surface area contributed by atoms with Crippen LogP contribution in [0.5, 0.6) is 0 Å². The molecule has 0 amide bonds. The summed E-state index contributed by atoms with van der Waals surface area (Å²) in [5.41, 5.74) is 0. The van der Waals surface area contributed by atoms with Gasteiger partial charge in [-0.05, 0) is 25.7 Å². The van der Waals surface area contributed by atoms with E-state index >= 15 is 0 Å². The number of carbonyl (C=O) groups excluding carboxylic acids is 1. The van der Waals surface area contributed by atoms with Gasteiger partial charge in [-0.15, -0.1) is 0 Å². The summed E-state index contributed by atoms with van der Waals surface area (Å²) < 4.78 is 27.0. The van der Waals surface area contributed by atoms with Crippen molar-refractivity contribution in [3.8, 4) is 0 Å². The van der Waals surface area contributed by atoms with E-state index in [9.17, 15) is 13.2 Å². The maximum absolute atomic E-state index is 12.1. The molecule has 1 N–H and O–H groups in total. The molecule has 17 heavy (non-hydrogen) atoms. The minimum absolute atomic E-state index is 0.0588. The molecule has 1 unspecified atom stereocenters.